The lowest BCUT2D eigenvalue weighted by Gasteiger charge is -2.43. The highest BCUT2D eigenvalue weighted by molar-refractivity contribution is 5.88. The minimum atomic E-state index is 0.675. The molecule has 0 N–H and O–H groups in total. The molecule has 0 aromatic heterocycles. The molecule has 2 aromatic carbocycles. The van der Waals surface area contributed by atoms with E-state index in [1.807, 2.05) is 0 Å². The fourth-order valence-electron chi connectivity index (χ4n) is 5.23. The molecule has 0 aliphatic carbocycles. The zero-order valence-corrected chi connectivity index (χ0v) is 15.7. The number of hydrogen-bond acceptors (Lipinski definition) is 2. The number of nitrogens with zero attached hydrogens (tertiary/aromatic N) is 1. The second-order valence-corrected chi connectivity index (χ2v) is 8.05. The van der Waals surface area contributed by atoms with E-state index in [1.165, 1.54) is 49.3 Å². The smallest absolute Gasteiger partial charge is 0.127 e. The molecule has 2 aliphatic rings. The quantitative estimate of drug-likeness (QED) is 0.689. The van der Waals surface area contributed by atoms with Gasteiger partial charge in [-0.1, -0.05) is 56.2 Å². The standard InChI is InChI=1S/C23H31NO/c1-3-4-8-18-15-19-13-14-22(24(19)2)21(18)16-25-23-12-7-10-17-9-5-6-11-20(17)23/h5-7,9-12,18-19,21-22H,3-4,8,13-16H2,1-2H3/t18-,19?,21+,22?/m0/s1. The van der Waals surface area contributed by atoms with Gasteiger partial charge in [0.15, 0.2) is 0 Å². The SMILES string of the molecule is CCCC[C@H]1CC2CCC([C@@H]1COc1cccc3ccccc13)N2C. The van der Waals surface area contributed by atoms with Gasteiger partial charge in [-0.3, -0.25) is 0 Å². The molecule has 0 spiro atoms. The van der Waals surface area contributed by atoms with E-state index in [-0.39, 0.29) is 0 Å². The Morgan fingerprint density at radius 2 is 1.92 bits per heavy atom. The molecular formula is C23H31NO. The van der Waals surface area contributed by atoms with Crippen molar-refractivity contribution in [2.45, 2.75) is 57.5 Å². The lowest BCUT2D eigenvalue weighted by Crippen LogP contribution is -2.48. The molecule has 4 atom stereocenters. The van der Waals surface area contributed by atoms with Gasteiger partial charge in [-0.25, -0.2) is 0 Å². The lowest BCUT2D eigenvalue weighted by molar-refractivity contribution is 0.0335. The highest BCUT2D eigenvalue weighted by atomic mass is 16.5. The number of hydrogen-bond donors (Lipinski definition) is 0. The molecule has 0 radical (unpaired) electrons. The summed E-state index contributed by atoms with van der Waals surface area (Å²) in [5.74, 6) is 2.56. The van der Waals surface area contributed by atoms with E-state index in [0.29, 0.717) is 5.92 Å². The van der Waals surface area contributed by atoms with Crippen molar-refractivity contribution in [3.8, 4) is 5.75 Å². The number of rotatable bonds is 6. The molecule has 25 heavy (non-hydrogen) atoms. The number of piperidine rings is 1. The molecule has 4 rings (SSSR count). The average Bonchev–Trinajstić information content (AvgIpc) is 2.89. The van der Waals surface area contributed by atoms with Crippen LogP contribution in [0.25, 0.3) is 10.8 Å². The number of unbranched alkanes of at least 4 members (excludes halogenated alkanes) is 1. The van der Waals surface area contributed by atoms with Crippen molar-refractivity contribution < 1.29 is 4.74 Å². The molecule has 2 aliphatic heterocycles. The fourth-order valence-corrected chi connectivity index (χ4v) is 5.23. The minimum absolute atomic E-state index is 0.675. The van der Waals surface area contributed by atoms with Crippen molar-refractivity contribution in [1.29, 1.82) is 0 Å². The first-order valence-electron chi connectivity index (χ1n) is 10.1. The van der Waals surface area contributed by atoms with Gasteiger partial charge in [0, 0.05) is 23.4 Å². The van der Waals surface area contributed by atoms with E-state index in [1.54, 1.807) is 0 Å². The van der Waals surface area contributed by atoms with Crippen molar-refractivity contribution in [3.63, 3.8) is 0 Å². The van der Waals surface area contributed by atoms with Crippen LogP contribution in [0.2, 0.25) is 0 Å². The van der Waals surface area contributed by atoms with Crippen LogP contribution in [0.3, 0.4) is 0 Å². The maximum absolute atomic E-state index is 6.44. The fraction of sp³-hybridized carbons (Fsp3) is 0.565. The van der Waals surface area contributed by atoms with Crippen LogP contribution >= 0.6 is 0 Å². The Kier molecular flexibility index (Phi) is 4.98. The van der Waals surface area contributed by atoms with Gasteiger partial charge < -0.3 is 9.64 Å². The molecule has 2 heteroatoms. The topological polar surface area (TPSA) is 12.5 Å². The maximum atomic E-state index is 6.44. The van der Waals surface area contributed by atoms with Gasteiger partial charge in [-0.05, 0) is 50.1 Å². The van der Waals surface area contributed by atoms with Crippen LogP contribution in [0.1, 0.15) is 45.4 Å². The van der Waals surface area contributed by atoms with Crippen LogP contribution in [0.4, 0.5) is 0 Å². The molecule has 0 amide bonds. The van der Waals surface area contributed by atoms with Crippen LogP contribution < -0.4 is 4.74 Å². The third-order valence-corrected chi connectivity index (χ3v) is 6.68. The van der Waals surface area contributed by atoms with Crippen molar-refractivity contribution in [1.82, 2.24) is 4.90 Å². The summed E-state index contributed by atoms with van der Waals surface area (Å²) in [4.78, 5) is 2.65. The van der Waals surface area contributed by atoms with E-state index in [4.69, 9.17) is 4.74 Å². The minimum Gasteiger partial charge on any atom is -0.493 e. The highest BCUT2D eigenvalue weighted by Gasteiger charge is 2.45. The Hall–Kier alpha value is -1.54. The number of fused-ring (bicyclic) bond motifs is 3. The van der Waals surface area contributed by atoms with Gasteiger partial charge in [0.2, 0.25) is 0 Å². The Morgan fingerprint density at radius 3 is 2.80 bits per heavy atom. The van der Waals surface area contributed by atoms with Gasteiger partial charge in [0.1, 0.15) is 5.75 Å². The Bertz CT molecular complexity index is 707. The predicted molar refractivity (Wildman–Crippen MR) is 105 cm³/mol. The Morgan fingerprint density at radius 1 is 1.08 bits per heavy atom. The molecule has 2 heterocycles. The van der Waals surface area contributed by atoms with Gasteiger partial charge in [0.25, 0.3) is 0 Å². The number of benzene rings is 2. The molecule has 2 bridgehead atoms. The zero-order valence-electron chi connectivity index (χ0n) is 15.7. The van der Waals surface area contributed by atoms with E-state index < -0.39 is 0 Å². The van der Waals surface area contributed by atoms with Crippen LogP contribution in [0, 0.1) is 11.8 Å². The van der Waals surface area contributed by atoms with Gasteiger partial charge in [0.05, 0.1) is 6.61 Å². The van der Waals surface area contributed by atoms with Gasteiger partial charge in [-0.2, -0.15) is 0 Å². The summed E-state index contributed by atoms with van der Waals surface area (Å²) < 4.78 is 6.44. The molecule has 2 unspecified atom stereocenters. The first kappa shape index (κ1) is 16.9. The van der Waals surface area contributed by atoms with Crippen molar-refractivity contribution in [2.75, 3.05) is 13.7 Å². The zero-order chi connectivity index (χ0) is 17.2. The molecule has 0 saturated carbocycles. The summed E-state index contributed by atoms with van der Waals surface area (Å²) in [6.07, 6.45) is 8.15. The molecule has 2 saturated heterocycles. The van der Waals surface area contributed by atoms with Crippen molar-refractivity contribution >= 4 is 10.8 Å². The summed E-state index contributed by atoms with van der Waals surface area (Å²) >= 11 is 0. The first-order chi connectivity index (χ1) is 12.3. The summed E-state index contributed by atoms with van der Waals surface area (Å²) in [5, 5.41) is 2.51. The van der Waals surface area contributed by atoms with E-state index in [9.17, 15) is 0 Å². The molecule has 2 nitrogen and oxygen atoms in total. The van der Waals surface area contributed by atoms with Crippen LogP contribution in [0.15, 0.2) is 42.5 Å². The van der Waals surface area contributed by atoms with Gasteiger partial charge in [-0.15, -0.1) is 0 Å². The summed E-state index contributed by atoms with van der Waals surface area (Å²) in [5.41, 5.74) is 0. The normalized spacial score (nSPS) is 29.2. The van der Waals surface area contributed by atoms with E-state index in [2.05, 4.69) is 61.3 Å². The molecular weight excluding hydrogens is 306 g/mol. The van der Waals surface area contributed by atoms with Crippen LogP contribution in [-0.2, 0) is 0 Å². The summed E-state index contributed by atoms with van der Waals surface area (Å²) in [6, 6.07) is 16.5. The van der Waals surface area contributed by atoms with Crippen LogP contribution in [-0.4, -0.2) is 30.6 Å². The summed E-state index contributed by atoms with van der Waals surface area (Å²) in [6.45, 7) is 3.18. The maximum Gasteiger partial charge on any atom is 0.127 e. The molecule has 134 valence electrons. The monoisotopic (exact) mass is 337 g/mol. The second kappa shape index (κ2) is 7.37. The third-order valence-electron chi connectivity index (χ3n) is 6.68. The van der Waals surface area contributed by atoms with Crippen molar-refractivity contribution in [3.05, 3.63) is 42.5 Å². The Labute approximate surface area is 152 Å². The predicted octanol–water partition coefficient (Wildman–Crippen LogP) is 5.51. The Balaban J connectivity index is 1.52. The van der Waals surface area contributed by atoms with Gasteiger partial charge >= 0.3 is 0 Å². The average molecular weight is 338 g/mol. The largest absolute Gasteiger partial charge is 0.493 e. The highest BCUT2D eigenvalue weighted by Crippen LogP contribution is 2.43. The van der Waals surface area contributed by atoms with E-state index in [0.717, 1.165) is 30.4 Å². The first-order valence-corrected chi connectivity index (χ1v) is 10.1. The lowest BCUT2D eigenvalue weighted by atomic mass is 9.78. The number of ether oxygens (including phenoxy) is 1. The third kappa shape index (κ3) is 3.29. The van der Waals surface area contributed by atoms with Crippen LogP contribution in [0.5, 0.6) is 5.75 Å². The summed E-state index contributed by atoms with van der Waals surface area (Å²) in [7, 11) is 2.34. The van der Waals surface area contributed by atoms with E-state index >= 15 is 0 Å². The molecule has 2 fully saturated rings. The second-order valence-electron chi connectivity index (χ2n) is 8.05. The van der Waals surface area contributed by atoms with Crippen molar-refractivity contribution in [2.24, 2.45) is 11.8 Å². The molecule has 2 aromatic rings.